The van der Waals surface area contributed by atoms with E-state index < -0.39 is 5.97 Å². The molecule has 1 saturated heterocycles. The number of benzene rings is 2. The number of carbonyl (C=O) groups excluding carboxylic acids is 2. The van der Waals surface area contributed by atoms with Crippen molar-refractivity contribution < 1.29 is 18.7 Å². The normalized spacial score (nSPS) is 17.4. The number of ether oxygens (including phenoxy) is 1. The van der Waals surface area contributed by atoms with Gasteiger partial charge in [0.2, 0.25) is 5.91 Å². The average Bonchev–Trinajstić information content (AvgIpc) is 3.14. The number of likely N-dealkylation sites (tertiary alicyclic amines) is 1. The number of halogens is 1. The van der Waals surface area contributed by atoms with Crippen molar-refractivity contribution in [3.8, 4) is 0 Å². The quantitative estimate of drug-likeness (QED) is 0.625. The van der Waals surface area contributed by atoms with Gasteiger partial charge in [0.05, 0.1) is 24.1 Å². The topological polar surface area (TPSA) is 51.5 Å². The highest BCUT2D eigenvalue weighted by Crippen LogP contribution is 2.26. The Morgan fingerprint density at radius 2 is 1.90 bits per heavy atom. The Labute approximate surface area is 168 Å². The molecule has 0 saturated carbocycles. The Morgan fingerprint density at radius 1 is 1.14 bits per heavy atom. The number of hydrogen-bond donors (Lipinski definition) is 0. The van der Waals surface area contributed by atoms with E-state index in [1.807, 2.05) is 24.3 Å². The standard InChI is InChI=1S/C23H23FN2O3/c1-29-23(28)20-15-26(21-7-3-2-6-19(20)21)22(27)17-5-4-12-25(14-17)13-16-8-10-18(24)11-9-16/h2-3,6-11,15,17H,4-5,12-14H2,1H3. The summed E-state index contributed by atoms with van der Waals surface area (Å²) in [5.74, 6) is -0.874. The van der Waals surface area contributed by atoms with Gasteiger partial charge in [-0.1, -0.05) is 30.3 Å². The first-order chi connectivity index (χ1) is 14.1. The second kappa shape index (κ2) is 8.17. The van der Waals surface area contributed by atoms with E-state index in [-0.39, 0.29) is 17.6 Å². The summed E-state index contributed by atoms with van der Waals surface area (Å²) in [6.45, 7) is 2.22. The molecule has 6 heteroatoms. The largest absolute Gasteiger partial charge is 0.465 e. The molecule has 0 aliphatic carbocycles. The molecule has 1 unspecified atom stereocenters. The molecule has 0 amide bonds. The summed E-state index contributed by atoms with van der Waals surface area (Å²) in [6, 6.07) is 13.9. The summed E-state index contributed by atoms with van der Waals surface area (Å²) < 4.78 is 19.6. The zero-order valence-electron chi connectivity index (χ0n) is 16.3. The minimum atomic E-state index is -0.450. The lowest BCUT2D eigenvalue weighted by Crippen LogP contribution is -2.39. The molecule has 29 heavy (non-hydrogen) atoms. The van der Waals surface area contributed by atoms with Crippen LogP contribution in [-0.2, 0) is 11.3 Å². The highest BCUT2D eigenvalue weighted by Gasteiger charge is 2.29. The number of aromatic nitrogens is 1. The third-order valence-corrected chi connectivity index (χ3v) is 5.53. The van der Waals surface area contributed by atoms with Crippen molar-refractivity contribution >= 4 is 22.8 Å². The molecule has 2 aromatic carbocycles. The highest BCUT2D eigenvalue weighted by atomic mass is 19.1. The Kier molecular flexibility index (Phi) is 5.45. The molecule has 4 rings (SSSR count). The molecule has 1 fully saturated rings. The number of piperidine rings is 1. The summed E-state index contributed by atoms with van der Waals surface area (Å²) in [5, 5.41) is 0.715. The maximum Gasteiger partial charge on any atom is 0.340 e. The minimum Gasteiger partial charge on any atom is -0.465 e. The van der Waals surface area contributed by atoms with Crippen molar-refractivity contribution in [3.05, 3.63) is 71.7 Å². The number of hydrogen-bond acceptors (Lipinski definition) is 4. The van der Waals surface area contributed by atoms with Gasteiger partial charge in [-0.3, -0.25) is 14.3 Å². The summed E-state index contributed by atoms with van der Waals surface area (Å²) >= 11 is 0. The molecule has 0 radical (unpaired) electrons. The molecule has 1 atom stereocenters. The van der Waals surface area contributed by atoms with Gasteiger partial charge < -0.3 is 4.74 Å². The van der Waals surface area contributed by atoms with Crippen LogP contribution in [0, 0.1) is 11.7 Å². The van der Waals surface area contributed by atoms with Gasteiger partial charge in [-0.05, 0) is 43.1 Å². The molecule has 5 nitrogen and oxygen atoms in total. The van der Waals surface area contributed by atoms with Crippen LogP contribution >= 0.6 is 0 Å². The fourth-order valence-electron chi connectivity index (χ4n) is 4.08. The fraction of sp³-hybridized carbons (Fsp3) is 0.304. The zero-order valence-corrected chi connectivity index (χ0v) is 16.3. The highest BCUT2D eigenvalue weighted by molar-refractivity contribution is 6.07. The number of esters is 1. The van der Waals surface area contributed by atoms with Gasteiger partial charge in [-0.15, -0.1) is 0 Å². The van der Waals surface area contributed by atoms with Crippen LogP contribution in [0.25, 0.3) is 10.9 Å². The Balaban J connectivity index is 1.56. The second-order valence-corrected chi connectivity index (χ2v) is 7.46. The number of methoxy groups -OCH3 is 1. The van der Waals surface area contributed by atoms with E-state index in [1.54, 1.807) is 22.9 Å². The molecule has 0 bridgehead atoms. The molecular formula is C23H23FN2O3. The van der Waals surface area contributed by atoms with E-state index in [0.717, 1.165) is 24.9 Å². The zero-order chi connectivity index (χ0) is 20.4. The average molecular weight is 394 g/mol. The van der Waals surface area contributed by atoms with Gasteiger partial charge >= 0.3 is 5.97 Å². The van der Waals surface area contributed by atoms with Gasteiger partial charge in [0, 0.05) is 24.7 Å². The predicted octanol–water partition coefficient (Wildman–Crippen LogP) is 4.12. The molecule has 150 valence electrons. The fourth-order valence-corrected chi connectivity index (χ4v) is 4.08. The van der Waals surface area contributed by atoms with Gasteiger partial charge in [-0.25, -0.2) is 9.18 Å². The van der Waals surface area contributed by atoms with Crippen LogP contribution in [0.1, 0.15) is 33.6 Å². The second-order valence-electron chi connectivity index (χ2n) is 7.46. The van der Waals surface area contributed by atoms with Gasteiger partial charge in [0.25, 0.3) is 0 Å². The number of nitrogens with zero attached hydrogens (tertiary/aromatic N) is 2. The Morgan fingerprint density at radius 3 is 2.66 bits per heavy atom. The van der Waals surface area contributed by atoms with E-state index in [9.17, 15) is 14.0 Å². The van der Waals surface area contributed by atoms with Crippen LogP contribution in [-0.4, -0.2) is 41.5 Å². The first-order valence-electron chi connectivity index (χ1n) is 9.76. The SMILES string of the molecule is COC(=O)c1cn(C(=O)C2CCCN(Cc3ccc(F)cc3)C2)c2ccccc12. The summed E-state index contributed by atoms with van der Waals surface area (Å²) in [6.07, 6.45) is 3.32. The number of rotatable bonds is 4. The van der Waals surface area contributed by atoms with E-state index in [1.165, 1.54) is 19.2 Å². The number of carbonyl (C=O) groups is 2. The lowest BCUT2D eigenvalue weighted by molar-refractivity contribution is 0.0603. The first kappa shape index (κ1) is 19.3. The lowest BCUT2D eigenvalue weighted by atomic mass is 9.96. The van der Waals surface area contributed by atoms with Gasteiger partial charge in [-0.2, -0.15) is 0 Å². The van der Waals surface area contributed by atoms with Crippen LogP contribution in [0.4, 0.5) is 4.39 Å². The molecule has 1 aliphatic heterocycles. The van der Waals surface area contributed by atoms with Crippen LogP contribution in [0.3, 0.4) is 0 Å². The molecular weight excluding hydrogens is 371 g/mol. The molecule has 2 heterocycles. The van der Waals surface area contributed by atoms with E-state index in [0.29, 0.717) is 29.6 Å². The maximum atomic E-state index is 13.3. The van der Waals surface area contributed by atoms with Crippen molar-refractivity contribution in [3.63, 3.8) is 0 Å². The molecule has 1 aromatic heterocycles. The molecule has 1 aliphatic rings. The predicted molar refractivity (Wildman–Crippen MR) is 108 cm³/mol. The monoisotopic (exact) mass is 394 g/mol. The Hall–Kier alpha value is -2.99. The van der Waals surface area contributed by atoms with Crippen LogP contribution in [0.5, 0.6) is 0 Å². The van der Waals surface area contributed by atoms with Gasteiger partial charge in [0.15, 0.2) is 0 Å². The third-order valence-electron chi connectivity index (χ3n) is 5.53. The summed E-state index contributed by atoms with van der Waals surface area (Å²) in [7, 11) is 1.34. The molecule has 3 aromatic rings. The van der Waals surface area contributed by atoms with E-state index in [4.69, 9.17) is 4.74 Å². The van der Waals surface area contributed by atoms with Crippen LogP contribution in [0.15, 0.2) is 54.7 Å². The molecule has 0 N–H and O–H groups in total. The Bertz CT molecular complexity index is 1040. The van der Waals surface area contributed by atoms with Crippen molar-refractivity contribution in [2.45, 2.75) is 19.4 Å². The third kappa shape index (κ3) is 3.93. The number of fused-ring (bicyclic) bond motifs is 1. The minimum absolute atomic E-state index is 0.0137. The van der Waals surface area contributed by atoms with Gasteiger partial charge in [0.1, 0.15) is 5.82 Å². The van der Waals surface area contributed by atoms with Crippen molar-refractivity contribution in [2.24, 2.45) is 5.92 Å². The van der Waals surface area contributed by atoms with E-state index in [2.05, 4.69) is 4.90 Å². The smallest absolute Gasteiger partial charge is 0.340 e. The number of para-hydroxylation sites is 1. The maximum absolute atomic E-state index is 13.3. The van der Waals surface area contributed by atoms with Crippen LogP contribution < -0.4 is 0 Å². The lowest BCUT2D eigenvalue weighted by Gasteiger charge is -2.32. The summed E-state index contributed by atoms with van der Waals surface area (Å²) in [4.78, 5) is 27.7. The van der Waals surface area contributed by atoms with Crippen molar-refractivity contribution in [1.82, 2.24) is 9.47 Å². The van der Waals surface area contributed by atoms with E-state index >= 15 is 0 Å². The van der Waals surface area contributed by atoms with Crippen molar-refractivity contribution in [1.29, 1.82) is 0 Å². The summed E-state index contributed by atoms with van der Waals surface area (Å²) in [5.41, 5.74) is 2.14. The first-order valence-corrected chi connectivity index (χ1v) is 9.76. The van der Waals surface area contributed by atoms with Crippen molar-refractivity contribution in [2.75, 3.05) is 20.2 Å². The molecule has 0 spiro atoms. The van der Waals surface area contributed by atoms with Crippen LogP contribution in [0.2, 0.25) is 0 Å².